The summed E-state index contributed by atoms with van der Waals surface area (Å²) in [5.41, 5.74) is 7.93. The molecule has 0 bridgehead atoms. The van der Waals surface area contributed by atoms with E-state index in [0.717, 1.165) is 25.3 Å². The second kappa shape index (κ2) is 3.34. The average Bonchev–Trinajstić information content (AvgIpc) is 2.53. The Hall–Kier alpha value is -1.09. The molecule has 0 spiro atoms. The van der Waals surface area contributed by atoms with Gasteiger partial charge in [0.1, 0.15) is 5.82 Å². The van der Waals surface area contributed by atoms with Crippen molar-refractivity contribution in [3.8, 4) is 0 Å². The molecular formula is C10H14N2O. The van der Waals surface area contributed by atoms with Crippen molar-refractivity contribution in [2.24, 2.45) is 0 Å². The molecule has 2 N–H and O–H groups in total. The third-order valence-electron chi connectivity index (χ3n) is 2.40. The third-order valence-corrected chi connectivity index (χ3v) is 2.40. The third kappa shape index (κ3) is 1.80. The van der Waals surface area contributed by atoms with Crippen LogP contribution >= 0.6 is 0 Å². The summed E-state index contributed by atoms with van der Waals surface area (Å²) in [4.78, 5) is 4.14. The predicted molar refractivity (Wildman–Crippen MR) is 51.6 cm³/mol. The summed E-state index contributed by atoms with van der Waals surface area (Å²) in [5, 5.41) is 0. The first kappa shape index (κ1) is 8.51. The van der Waals surface area contributed by atoms with Gasteiger partial charge in [-0.05, 0) is 31.0 Å². The highest BCUT2D eigenvalue weighted by Gasteiger charge is 2.18. The second-order valence-electron chi connectivity index (χ2n) is 3.53. The van der Waals surface area contributed by atoms with Crippen LogP contribution in [0.4, 0.5) is 5.82 Å². The summed E-state index contributed by atoms with van der Waals surface area (Å²) >= 11 is 0. The zero-order chi connectivity index (χ0) is 9.26. The van der Waals surface area contributed by atoms with Gasteiger partial charge in [0, 0.05) is 18.2 Å². The van der Waals surface area contributed by atoms with E-state index in [4.69, 9.17) is 10.5 Å². The Morgan fingerprint density at radius 3 is 3.00 bits per heavy atom. The zero-order valence-corrected chi connectivity index (χ0v) is 7.79. The van der Waals surface area contributed by atoms with Crippen LogP contribution in [0, 0.1) is 6.92 Å². The number of nitrogens with zero attached hydrogens (tertiary/aromatic N) is 1. The summed E-state index contributed by atoms with van der Waals surface area (Å²) in [6.45, 7) is 3.66. The summed E-state index contributed by atoms with van der Waals surface area (Å²) in [6.07, 6.45) is 1.10. The maximum Gasteiger partial charge on any atom is 0.123 e. The number of aryl methyl sites for hydroxylation is 1. The Labute approximate surface area is 77.9 Å². The molecule has 2 rings (SSSR count). The number of hydrogen-bond donors (Lipinski definition) is 1. The summed E-state index contributed by atoms with van der Waals surface area (Å²) in [6, 6.07) is 4.04. The highest BCUT2D eigenvalue weighted by atomic mass is 16.5. The first-order chi connectivity index (χ1) is 6.25. The number of aromatic nitrogens is 1. The van der Waals surface area contributed by atoms with Crippen LogP contribution in [0.5, 0.6) is 0 Å². The van der Waals surface area contributed by atoms with Crippen molar-refractivity contribution < 1.29 is 4.74 Å². The van der Waals surface area contributed by atoms with Gasteiger partial charge in [0.05, 0.1) is 6.61 Å². The van der Waals surface area contributed by atoms with Crippen molar-refractivity contribution in [2.75, 3.05) is 18.9 Å². The minimum absolute atomic E-state index is 0.518. The molecule has 3 heteroatoms. The van der Waals surface area contributed by atoms with Crippen molar-refractivity contribution >= 4 is 5.82 Å². The van der Waals surface area contributed by atoms with E-state index >= 15 is 0 Å². The molecule has 1 saturated heterocycles. The van der Waals surface area contributed by atoms with Crippen molar-refractivity contribution in [3.63, 3.8) is 0 Å². The molecule has 1 aromatic rings. The lowest BCUT2D eigenvalue weighted by molar-refractivity contribution is 0.194. The Kier molecular flexibility index (Phi) is 2.19. The molecule has 0 aromatic carbocycles. The number of nitrogens with two attached hydrogens (primary N) is 1. The fourth-order valence-corrected chi connectivity index (χ4v) is 1.75. The van der Waals surface area contributed by atoms with Crippen LogP contribution in [0.15, 0.2) is 12.1 Å². The Morgan fingerprint density at radius 2 is 2.38 bits per heavy atom. The molecule has 1 unspecified atom stereocenters. The molecule has 1 fully saturated rings. The van der Waals surface area contributed by atoms with Gasteiger partial charge in [0.25, 0.3) is 0 Å². The van der Waals surface area contributed by atoms with Gasteiger partial charge < -0.3 is 10.5 Å². The Balaban J connectivity index is 2.28. The first-order valence-corrected chi connectivity index (χ1v) is 4.57. The summed E-state index contributed by atoms with van der Waals surface area (Å²) in [7, 11) is 0. The molecule has 1 aromatic heterocycles. The second-order valence-corrected chi connectivity index (χ2v) is 3.53. The van der Waals surface area contributed by atoms with E-state index in [1.165, 1.54) is 5.56 Å². The minimum Gasteiger partial charge on any atom is -0.384 e. The molecule has 0 aliphatic carbocycles. The normalized spacial score (nSPS) is 22.1. The zero-order valence-electron chi connectivity index (χ0n) is 7.79. The molecule has 0 radical (unpaired) electrons. The van der Waals surface area contributed by atoms with Gasteiger partial charge in [-0.3, -0.25) is 0 Å². The number of hydrogen-bond acceptors (Lipinski definition) is 3. The van der Waals surface area contributed by atoms with Gasteiger partial charge in [-0.15, -0.1) is 0 Å². The van der Waals surface area contributed by atoms with Gasteiger partial charge in [0.15, 0.2) is 0 Å². The average molecular weight is 178 g/mol. The van der Waals surface area contributed by atoms with E-state index in [1.54, 1.807) is 0 Å². The van der Waals surface area contributed by atoms with Gasteiger partial charge in [-0.25, -0.2) is 4.98 Å². The minimum atomic E-state index is 0.518. The molecular weight excluding hydrogens is 164 g/mol. The van der Waals surface area contributed by atoms with Crippen molar-refractivity contribution in [2.45, 2.75) is 19.3 Å². The monoisotopic (exact) mass is 178 g/mol. The highest BCUT2D eigenvalue weighted by Crippen LogP contribution is 2.26. The molecule has 3 nitrogen and oxygen atoms in total. The standard InChI is InChI=1S/C10H14N2O/c1-7-4-9(5-10(11)12-7)8-2-3-13-6-8/h4-5,8H,2-3,6H2,1H3,(H2,11,12). The summed E-state index contributed by atoms with van der Waals surface area (Å²) in [5.74, 6) is 1.13. The molecule has 13 heavy (non-hydrogen) atoms. The Morgan fingerprint density at radius 1 is 1.54 bits per heavy atom. The van der Waals surface area contributed by atoms with Crippen LogP contribution in [-0.2, 0) is 4.74 Å². The molecule has 70 valence electrons. The number of rotatable bonds is 1. The number of anilines is 1. The van der Waals surface area contributed by atoms with Crippen LogP contribution < -0.4 is 5.73 Å². The number of pyridine rings is 1. The van der Waals surface area contributed by atoms with E-state index in [0.29, 0.717) is 11.7 Å². The fourth-order valence-electron chi connectivity index (χ4n) is 1.75. The van der Waals surface area contributed by atoms with Gasteiger partial charge >= 0.3 is 0 Å². The van der Waals surface area contributed by atoms with Crippen LogP contribution in [-0.4, -0.2) is 18.2 Å². The largest absolute Gasteiger partial charge is 0.384 e. The molecule has 2 heterocycles. The van der Waals surface area contributed by atoms with Crippen molar-refractivity contribution in [3.05, 3.63) is 23.4 Å². The van der Waals surface area contributed by atoms with E-state index in [-0.39, 0.29) is 0 Å². The van der Waals surface area contributed by atoms with E-state index in [1.807, 2.05) is 13.0 Å². The lowest BCUT2D eigenvalue weighted by Crippen LogP contribution is -2.01. The lowest BCUT2D eigenvalue weighted by Gasteiger charge is -2.09. The van der Waals surface area contributed by atoms with E-state index in [2.05, 4.69) is 11.1 Å². The maximum atomic E-state index is 5.68. The lowest BCUT2D eigenvalue weighted by atomic mass is 9.99. The molecule has 0 amide bonds. The molecule has 1 aliphatic heterocycles. The number of ether oxygens (including phenoxy) is 1. The van der Waals surface area contributed by atoms with Gasteiger partial charge in [0.2, 0.25) is 0 Å². The van der Waals surface area contributed by atoms with Crippen molar-refractivity contribution in [1.82, 2.24) is 4.98 Å². The van der Waals surface area contributed by atoms with E-state index in [9.17, 15) is 0 Å². The fraction of sp³-hybridized carbons (Fsp3) is 0.500. The molecule has 0 saturated carbocycles. The van der Waals surface area contributed by atoms with Crippen molar-refractivity contribution in [1.29, 1.82) is 0 Å². The van der Waals surface area contributed by atoms with E-state index < -0.39 is 0 Å². The quantitative estimate of drug-likeness (QED) is 0.708. The number of nitrogen functional groups attached to an aromatic ring is 1. The van der Waals surface area contributed by atoms with Crippen LogP contribution in [0.1, 0.15) is 23.6 Å². The first-order valence-electron chi connectivity index (χ1n) is 4.57. The molecule has 1 atom stereocenters. The van der Waals surface area contributed by atoms with Gasteiger partial charge in [-0.2, -0.15) is 0 Å². The van der Waals surface area contributed by atoms with Crippen LogP contribution in [0.3, 0.4) is 0 Å². The van der Waals surface area contributed by atoms with Gasteiger partial charge in [-0.1, -0.05) is 0 Å². The summed E-state index contributed by atoms with van der Waals surface area (Å²) < 4.78 is 5.33. The Bertz CT molecular complexity index is 286. The van der Waals surface area contributed by atoms with Crippen LogP contribution in [0.2, 0.25) is 0 Å². The topological polar surface area (TPSA) is 48.1 Å². The van der Waals surface area contributed by atoms with Crippen LogP contribution in [0.25, 0.3) is 0 Å². The smallest absolute Gasteiger partial charge is 0.123 e. The predicted octanol–water partition coefficient (Wildman–Crippen LogP) is 1.48. The maximum absolute atomic E-state index is 5.68. The molecule has 1 aliphatic rings. The highest BCUT2D eigenvalue weighted by molar-refractivity contribution is 5.36. The SMILES string of the molecule is Cc1cc(C2CCOC2)cc(N)n1.